The van der Waals surface area contributed by atoms with Gasteiger partial charge in [-0.3, -0.25) is 4.79 Å². The Labute approximate surface area is 159 Å². The van der Waals surface area contributed by atoms with E-state index in [2.05, 4.69) is 0 Å². The predicted molar refractivity (Wildman–Crippen MR) is 104 cm³/mol. The van der Waals surface area contributed by atoms with Gasteiger partial charge in [-0.1, -0.05) is 29.8 Å². The molecule has 2 aromatic rings. The number of sulfonamides is 1. The second-order valence-electron chi connectivity index (χ2n) is 6.73. The molecule has 0 bridgehead atoms. The monoisotopic (exact) mass is 392 g/mol. The van der Waals surface area contributed by atoms with Gasteiger partial charge in [0.2, 0.25) is 15.9 Å². The van der Waals surface area contributed by atoms with Crippen molar-refractivity contribution in [2.75, 3.05) is 26.2 Å². The molecule has 1 aromatic carbocycles. The smallest absolute Gasteiger partial charge is 0.244 e. The molecule has 2 heterocycles. The van der Waals surface area contributed by atoms with Gasteiger partial charge in [-0.05, 0) is 32.4 Å². The molecule has 0 radical (unpaired) electrons. The lowest BCUT2D eigenvalue weighted by atomic mass is 10.1. The minimum absolute atomic E-state index is 0.0511. The Kier molecular flexibility index (Phi) is 5.50. The Balaban J connectivity index is 1.63. The summed E-state index contributed by atoms with van der Waals surface area (Å²) in [4.78, 5) is 16.5. The number of hydrogen-bond acceptors (Lipinski definition) is 4. The van der Waals surface area contributed by atoms with Crippen LogP contribution in [-0.2, 0) is 21.2 Å². The Bertz CT molecular complexity index is 911. The van der Waals surface area contributed by atoms with Crippen molar-refractivity contribution in [2.24, 2.45) is 0 Å². The molecule has 1 saturated heterocycles. The van der Waals surface area contributed by atoms with E-state index in [1.165, 1.54) is 15.6 Å². The molecule has 140 valence electrons. The minimum atomic E-state index is -3.48. The maximum absolute atomic E-state index is 12.9. The lowest BCUT2D eigenvalue weighted by molar-refractivity contribution is -0.131. The van der Waals surface area contributed by atoms with Crippen LogP contribution >= 0.6 is 11.3 Å². The number of piperazine rings is 1. The number of benzene rings is 1. The van der Waals surface area contributed by atoms with Crippen LogP contribution in [0.1, 0.15) is 20.9 Å². The SMILES string of the molecule is Cc1cccc(CC(=O)N2CCN(S(=O)(=O)c3cc(C)sc3C)CC2)c1. The first-order valence-electron chi connectivity index (χ1n) is 8.68. The van der Waals surface area contributed by atoms with E-state index in [9.17, 15) is 13.2 Å². The fourth-order valence-corrected chi connectivity index (χ4v) is 6.23. The quantitative estimate of drug-likeness (QED) is 0.804. The Hall–Kier alpha value is -1.70. The van der Waals surface area contributed by atoms with E-state index in [-0.39, 0.29) is 5.91 Å². The van der Waals surface area contributed by atoms with Crippen LogP contribution in [-0.4, -0.2) is 49.7 Å². The number of amides is 1. The van der Waals surface area contributed by atoms with E-state index in [1.807, 2.05) is 45.0 Å². The average molecular weight is 393 g/mol. The molecule has 5 nitrogen and oxygen atoms in total. The van der Waals surface area contributed by atoms with Crippen molar-refractivity contribution >= 4 is 27.3 Å². The molecule has 1 aliphatic heterocycles. The zero-order valence-corrected chi connectivity index (χ0v) is 17.0. The van der Waals surface area contributed by atoms with Gasteiger partial charge < -0.3 is 4.90 Å². The number of aryl methyl sites for hydroxylation is 3. The van der Waals surface area contributed by atoms with Crippen molar-refractivity contribution in [1.82, 2.24) is 9.21 Å². The topological polar surface area (TPSA) is 57.7 Å². The van der Waals surface area contributed by atoms with E-state index >= 15 is 0 Å². The molecule has 1 amide bonds. The molecule has 1 aliphatic rings. The molecular formula is C19H24N2O3S2. The van der Waals surface area contributed by atoms with Gasteiger partial charge in [-0.15, -0.1) is 11.3 Å². The van der Waals surface area contributed by atoms with Crippen LogP contribution in [0.4, 0.5) is 0 Å². The first-order valence-corrected chi connectivity index (χ1v) is 10.9. The Morgan fingerprint density at radius 1 is 1.08 bits per heavy atom. The van der Waals surface area contributed by atoms with Crippen molar-refractivity contribution in [3.63, 3.8) is 0 Å². The highest BCUT2D eigenvalue weighted by Gasteiger charge is 2.31. The van der Waals surface area contributed by atoms with Gasteiger partial charge in [0.05, 0.1) is 11.3 Å². The van der Waals surface area contributed by atoms with Crippen LogP contribution in [0.3, 0.4) is 0 Å². The highest BCUT2D eigenvalue weighted by molar-refractivity contribution is 7.89. The standard InChI is InChI=1S/C19H24N2O3S2/c1-14-5-4-6-17(11-14)13-19(22)20-7-9-21(10-8-20)26(23,24)18-12-15(2)25-16(18)3/h4-6,11-12H,7-10,13H2,1-3H3. The van der Waals surface area contributed by atoms with Crippen molar-refractivity contribution < 1.29 is 13.2 Å². The van der Waals surface area contributed by atoms with Crippen LogP contribution in [0.25, 0.3) is 0 Å². The number of thiophene rings is 1. The Morgan fingerprint density at radius 2 is 1.77 bits per heavy atom. The van der Waals surface area contributed by atoms with E-state index in [0.29, 0.717) is 37.5 Å². The van der Waals surface area contributed by atoms with Crippen LogP contribution in [0.5, 0.6) is 0 Å². The van der Waals surface area contributed by atoms with Crippen LogP contribution in [0, 0.1) is 20.8 Å². The van der Waals surface area contributed by atoms with Gasteiger partial charge in [0, 0.05) is 35.9 Å². The molecule has 0 aliphatic carbocycles. The molecule has 0 atom stereocenters. The largest absolute Gasteiger partial charge is 0.340 e. The fraction of sp³-hybridized carbons (Fsp3) is 0.421. The van der Waals surface area contributed by atoms with Gasteiger partial charge in [0.15, 0.2) is 0 Å². The first kappa shape index (κ1) is 19.1. The van der Waals surface area contributed by atoms with Gasteiger partial charge in [0.1, 0.15) is 0 Å². The van der Waals surface area contributed by atoms with E-state index in [1.54, 1.807) is 11.0 Å². The third-order valence-electron chi connectivity index (χ3n) is 4.64. The van der Waals surface area contributed by atoms with E-state index < -0.39 is 10.0 Å². The number of carbonyl (C=O) groups excluding carboxylic acids is 1. The molecule has 1 fully saturated rings. The van der Waals surface area contributed by atoms with Crippen LogP contribution in [0.2, 0.25) is 0 Å². The van der Waals surface area contributed by atoms with Crippen LogP contribution < -0.4 is 0 Å². The summed E-state index contributed by atoms with van der Waals surface area (Å²) in [5, 5.41) is 0. The molecule has 7 heteroatoms. The number of carbonyl (C=O) groups is 1. The molecule has 0 unspecified atom stereocenters. The Morgan fingerprint density at radius 3 is 2.35 bits per heavy atom. The van der Waals surface area contributed by atoms with Crippen LogP contribution in [0.15, 0.2) is 35.2 Å². The first-order chi connectivity index (χ1) is 12.3. The summed E-state index contributed by atoms with van der Waals surface area (Å²) in [5.74, 6) is 0.0511. The molecule has 1 aromatic heterocycles. The van der Waals surface area contributed by atoms with Crippen molar-refractivity contribution in [2.45, 2.75) is 32.1 Å². The molecule has 0 spiro atoms. The molecule has 0 saturated carbocycles. The van der Waals surface area contributed by atoms with Crippen molar-refractivity contribution in [3.05, 3.63) is 51.2 Å². The third-order valence-corrected chi connectivity index (χ3v) is 7.76. The highest BCUT2D eigenvalue weighted by Crippen LogP contribution is 2.28. The van der Waals surface area contributed by atoms with E-state index in [4.69, 9.17) is 0 Å². The molecule has 0 N–H and O–H groups in total. The average Bonchev–Trinajstić information content (AvgIpc) is 2.94. The number of rotatable bonds is 4. The summed E-state index contributed by atoms with van der Waals surface area (Å²) < 4.78 is 27.2. The summed E-state index contributed by atoms with van der Waals surface area (Å²) in [6.07, 6.45) is 0.358. The van der Waals surface area contributed by atoms with Gasteiger partial charge in [0.25, 0.3) is 0 Å². The zero-order chi connectivity index (χ0) is 18.9. The number of hydrogen-bond donors (Lipinski definition) is 0. The van der Waals surface area contributed by atoms with E-state index in [0.717, 1.165) is 20.9 Å². The van der Waals surface area contributed by atoms with Crippen molar-refractivity contribution in [1.29, 1.82) is 0 Å². The fourth-order valence-electron chi connectivity index (χ4n) is 3.29. The minimum Gasteiger partial charge on any atom is -0.340 e. The highest BCUT2D eigenvalue weighted by atomic mass is 32.2. The summed E-state index contributed by atoms with van der Waals surface area (Å²) >= 11 is 1.50. The second-order valence-corrected chi connectivity index (χ2v) is 10.1. The maximum atomic E-state index is 12.9. The normalized spacial score (nSPS) is 16.0. The second kappa shape index (κ2) is 7.50. The number of nitrogens with zero attached hydrogens (tertiary/aromatic N) is 2. The maximum Gasteiger partial charge on any atom is 0.244 e. The van der Waals surface area contributed by atoms with Gasteiger partial charge in [-0.25, -0.2) is 8.42 Å². The van der Waals surface area contributed by atoms with Crippen molar-refractivity contribution in [3.8, 4) is 0 Å². The predicted octanol–water partition coefficient (Wildman–Crippen LogP) is 2.75. The molecule has 26 heavy (non-hydrogen) atoms. The lowest BCUT2D eigenvalue weighted by Gasteiger charge is -2.34. The molecular weight excluding hydrogens is 368 g/mol. The molecule has 3 rings (SSSR count). The van der Waals surface area contributed by atoms with Gasteiger partial charge >= 0.3 is 0 Å². The third kappa shape index (κ3) is 4.00. The lowest BCUT2D eigenvalue weighted by Crippen LogP contribution is -2.50. The summed E-state index contributed by atoms with van der Waals surface area (Å²) in [6, 6.07) is 9.66. The summed E-state index contributed by atoms with van der Waals surface area (Å²) in [5.41, 5.74) is 2.13. The summed E-state index contributed by atoms with van der Waals surface area (Å²) in [7, 11) is -3.48. The summed E-state index contributed by atoms with van der Waals surface area (Å²) in [6.45, 7) is 7.32. The van der Waals surface area contributed by atoms with Gasteiger partial charge in [-0.2, -0.15) is 4.31 Å². The zero-order valence-electron chi connectivity index (χ0n) is 15.4.